The van der Waals surface area contributed by atoms with Crippen LogP contribution in [-0.4, -0.2) is 57.4 Å². The number of fused-ring (bicyclic) bond motifs is 1. The van der Waals surface area contributed by atoms with E-state index in [2.05, 4.69) is 57.8 Å². The van der Waals surface area contributed by atoms with E-state index in [-0.39, 0.29) is 22.8 Å². The van der Waals surface area contributed by atoms with Crippen molar-refractivity contribution in [2.45, 2.75) is 63.3 Å². The predicted octanol–water partition coefficient (Wildman–Crippen LogP) is 5.11. The van der Waals surface area contributed by atoms with Gasteiger partial charge in [0.05, 0.1) is 10.9 Å². The number of aliphatic imine (C=N–C) groups is 1. The molecule has 10 heteroatoms. The van der Waals surface area contributed by atoms with Crippen molar-refractivity contribution in [1.29, 1.82) is 0 Å². The van der Waals surface area contributed by atoms with Crippen LogP contribution in [-0.2, 0) is 14.8 Å². The number of guanidine groups is 1. The molecule has 0 aromatic heterocycles. The third-order valence-corrected chi connectivity index (χ3v) is 9.68. The van der Waals surface area contributed by atoms with Crippen molar-refractivity contribution in [3.63, 3.8) is 0 Å². The third-order valence-electron chi connectivity index (χ3n) is 8.28. The molecule has 2 aromatic carbocycles. The highest BCUT2D eigenvalue weighted by Gasteiger charge is 2.35. The minimum atomic E-state index is -3.78. The summed E-state index contributed by atoms with van der Waals surface area (Å²) in [5.41, 5.74) is 5.93. The van der Waals surface area contributed by atoms with Crippen LogP contribution in [0.5, 0.6) is 0 Å². The number of carbonyl (C=O) groups excluding carboxylic acids is 1. The third kappa shape index (κ3) is 7.37. The molecule has 4 N–H and O–H groups in total. The fraction of sp³-hybridized carbons (Fsp3) is 0.394. The number of nitrogens with one attached hydrogen (secondary N) is 4. The summed E-state index contributed by atoms with van der Waals surface area (Å²) in [7, 11) is -3.78. The number of benzene rings is 2. The van der Waals surface area contributed by atoms with Gasteiger partial charge in [-0.25, -0.2) is 8.42 Å². The molecular weight excluding hydrogens is 560 g/mol. The molecule has 1 aliphatic carbocycles. The number of carbonyl (C=O) groups is 1. The summed E-state index contributed by atoms with van der Waals surface area (Å²) >= 11 is 0. The zero-order chi connectivity index (χ0) is 30.4. The van der Waals surface area contributed by atoms with E-state index >= 15 is 0 Å². The maximum atomic E-state index is 13.0. The highest BCUT2D eigenvalue weighted by molar-refractivity contribution is 7.92. The van der Waals surface area contributed by atoms with Crippen LogP contribution in [0.4, 0.5) is 11.4 Å². The Morgan fingerprint density at radius 3 is 2.33 bits per heavy atom. The van der Waals surface area contributed by atoms with Gasteiger partial charge >= 0.3 is 0 Å². The molecule has 9 nitrogen and oxygen atoms in total. The van der Waals surface area contributed by atoms with Crippen molar-refractivity contribution in [2.24, 2.45) is 4.99 Å². The average molecular weight is 603 g/mol. The number of hydrogen-bond acceptors (Lipinski definition) is 5. The summed E-state index contributed by atoms with van der Waals surface area (Å²) in [6.07, 6.45) is 11.0. The molecule has 228 valence electrons. The van der Waals surface area contributed by atoms with Gasteiger partial charge in [0, 0.05) is 37.0 Å². The Balaban J connectivity index is 1.26. The van der Waals surface area contributed by atoms with Gasteiger partial charge in [0.15, 0.2) is 5.96 Å². The molecule has 5 rings (SSSR count). The summed E-state index contributed by atoms with van der Waals surface area (Å²) in [4.78, 5) is 18.7. The molecule has 1 saturated carbocycles. The highest BCUT2D eigenvalue weighted by atomic mass is 32.2. The van der Waals surface area contributed by atoms with Crippen LogP contribution < -0.4 is 20.7 Å². The first-order chi connectivity index (χ1) is 20.8. The fourth-order valence-electron chi connectivity index (χ4n) is 6.18. The Hall–Kier alpha value is -3.89. The number of allylic oxidation sites excluding steroid dienone is 2. The lowest BCUT2D eigenvalue weighted by Crippen LogP contribution is -2.50. The van der Waals surface area contributed by atoms with Gasteiger partial charge in [-0.2, -0.15) is 0 Å². The Bertz CT molecular complexity index is 1540. The molecule has 2 atom stereocenters. The van der Waals surface area contributed by atoms with Gasteiger partial charge in [-0.1, -0.05) is 24.3 Å². The van der Waals surface area contributed by atoms with E-state index in [0.29, 0.717) is 11.4 Å². The van der Waals surface area contributed by atoms with Crippen molar-refractivity contribution in [3.05, 3.63) is 89.2 Å². The van der Waals surface area contributed by atoms with E-state index in [1.807, 2.05) is 24.3 Å². The smallest absolute Gasteiger partial charge is 0.261 e. The standard InChI is InChI=1S/C33H42N6O3S/c1-4-29-30(5-2)32-25(22-35-33(37-32)34-17-8-20-39-18-6-7-19-39)21-31(29)24-9-11-27(12-10-24)38-43(41,42)28-15-13-26(14-16-28)36-23(3)40/h4-5,9-16,22,31-32,38H,6-8,17-21H2,1-3H3,(H,36,40)(H2,34,35,37)/b29-4+,30-5+. The molecule has 2 heterocycles. The maximum absolute atomic E-state index is 13.0. The second kappa shape index (κ2) is 13.6. The van der Waals surface area contributed by atoms with Crippen molar-refractivity contribution < 1.29 is 13.2 Å². The zero-order valence-electron chi connectivity index (χ0n) is 25.2. The summed E-state index contributed by atoms with van der Waals surface area (Å²) in [6, 6.07) is 13.8. The van der Waals surface area contributed by atoms with E-state index in [9.17, 15) is 13.2 Å². The van der Waals surface area contributed by atoms with Gasteiger partial charge in [-0.05, 0) is 118 Å². The molecule has 2 aliphatic heterocycles. The van der Waals surface area contributed by atoms with Crippen molar-refractivity contribution in [2.75, 3.05) is 36.2 Å². The van der Waals surface area contributed by atoms with Gasteiger partial charge in [0.2, 0.25) is 5.91 Å². The monoisotopic (exact) mass is 602 g/mol. The number of nitrogens with zero attached hydrogens (tertiary/aromatic N) is 2. The van der Waals surface area contributed by atoms with E-state index < -0.39 is 10.0 Å². The Labute approximate surface area is 255 Å². The molecule has 1 saturated heterocycles. The molecule has 2 aromatic rings. The van der Waals surface area contributed by atoms with Gasteiger partial charge in [0.1, 0.15) is 0 Å². The topological polar surface area (TPSA) is 115 Å². The molecule has 0 radical (unpaired) electrons. The lowest BCUT2D eigenvalue weighted by molar-refractivity contribution is -0.114. The summed E-state index contributed by atoms with van der Waals surface area (Å²) in [6.45, 7) is 9.90. The SMILES string of the molecule is C/C=C1\C(=C/C)C2NC(=NCCCN3CCCC3)NC=C2CC1c1ccc(NS(=O)(=O)c2ccc(NC(C)=O)cc2)cc1. The number of anilines is 2. The lowest BCUT2D eigenvalue weighted by Gasteiger charge is -2.40. The molecule has 2 unspecified atom stereocenters. The second-order valence-electron chi connectivity index (χ2n) is 11.3. The number of hydrogen-bond donors (Lipinski definition) is 4. The maximum Gasteiger partial charge on any atom is 0.261 e. The van der Waals surface area contributed by atoms with E-state index in [1.54, 1.807) is 12.1 Å². The molecular formula is C33H42N6O3S. The molecule has 2 fully saturated rings. The van der Waals surface area contributed by atoms with Crippen molar-refractivity contribution in [1.82, 2.24) is 15.5 Å². The first kappa shape index (κ1) is 30.6. The van der Waals surface area contributed by atoms with Gasteiger partial charge in [0.25, 0.3) is 10.0 Å². The minimum Gasteiger partial charge on any atom is -0.345 e. The van der Waals surface area contributed by atoms with E-state index in [0.717, 1.165) is 37.5 Å². The predicted molar refractivity (Wildman–Crippen MR) is 174 cm³/mol. The Morgan fingerprint density at radius 1 is 1.00 bits per heavy atom. The number of rotatable bonds is 9. The summed E-state index contributed by atoms with van der Waals surface area (Å²) in [5.74, 6) is 0.757. The largest absolute Gasteiger partial charge is 0.345 e. The minimum absolute atomic E-state index is 0.0779. The van der Waals surface area contributed by atoms with Crippen molar-refractivity contribution in [3.8, 4) is 0 Å². The summed E-state index contributed by atoms with van der Waals surface area (Å²) in [5, 5.41) is 9.66. The Kier molecular flexibility index (Phi) is 9.67. The second-order valence-corrected chi connectivity index (χ2v) is 12.9. The number of amides is 1. The van der Waals surface area contributed by atoms with Gasteiger partial charge in [-0.3, -0.25) is 14.5 Å². The quantitative estimate of drug-likeness (QED) is 0.297. The van der Waals surface area contributed by atoms with Crippen LogP contribution in [0.3, 0.4) is 0 Å². The van der Waals surface area contributed by atoms with Gasteiger partial charge < -0.3 is 20.9 Å². The van der Waals surface area contributed by atoms with Crippen LogP contribution in [0.15, 0.2) is 93.5 Å². The van der Waals surface area contributed by atoms with Crippen molar-refractivity contribution >= 4 is 33.3 Å². The summed E-state index contributed by atoms with van der Waals surface area (Å²) < 4.78 is 28.6. The first-order valence-corrected chi connectivity index (χ1v) is 16.6. The van der Waals surface area contributed by atoms with Crippen LogP contribution in [0.25, 0.3) is 0 Å². The van der Waals surface area contributed by atoms with E-state index in [4.69, 9.17) is 4.99 Å². The molecule has 0 bridgehead atoms. The zero-order valence-corrected chi connectivity index (χ0v) is 26.0. The van der Waals surface area contributed by atoms with Gasteiger partial charge in [-0.15, -0.1) is 0 Å². The fourth-order valence-corrected chi connectivity index (χ4v) is 7.24. The average Bonchev–Trinajstić information content (AvgIpc) is 3.52. The van der Waals surface area contributed by atoms with Crippen LogP contribution >= 0.6 is 0 Å². The highest BCUT2D eigenvalue weighted by Crippen LogP contribution is 2.44. The molecule has 43 heavy (non-hydrogen) atoms. The Morgan fingerprint density at radius 2 is 1.67 bits per heavy atom. The lowest BCUT2D eigenvalue weighted by atomic mass is 9.71. The molecule has 3 aliphatic rings. The molecule has 0 spiro atoms. The van der Waals surface area contributed by atoms with E-state index in [1.165, 1.54) is 61.7 Å². The number of likely N-dealkylation sites (tertiary alicyclic amines) is 1. The van der Waals surface area contributed by atoms with Crippen LogP contribution in [0, 0.1) is 0 Å². The van der Waals surface area contributed by atoms with Crippen LogP contribution in [0.2, 0.25) is 0 Å². The molecule has 1 amide bonds. The first-order valence-electron chi connectivity index (χ1n) is 15.1. The normalized spacial score (nSPS) is 23.4. The number of sulfonamides is 1. The van der Waals surface area contributed by atoms with Crippen LogP contribution in [0.1, 0.15) is 57.9 Å².